The summed E-state index contributed by atoms with van der Waals surface area (Å²) in [6.45, 7) is 3.75. The third-order valence-electron chi connectivity index (χ3n) is 7.18. The van der Waals surface area contributed by atoms with E-state index in [4.69, 9.17) is 19.5 Å². The maximum atomic E-state index is 12.8. The maximum absolute atomic E-state index is 12.8. The van der Waals surface area contributed by atoms with Crippen molar-refractivity contribution in [1.29, 1.82) is 0 Å². The summed E-state index contributed by atoms with van der Waals surface area (Å²) >= 11 is 2.48. The van der Waals surface area contributed by atoms with Crippen molar-refractivity contribution in [2.75, 3.05) is 37.9 Å². The molecule has 4 aromatic heterocycles. The molecule has 0 bridgehead atoms. The van der Waals surface area contributed by atoms with Gasteiger partial charge in [0.25, 0.3) is 19.1 Å². The number of methoxy groups -OCH3 is 2. The van der Waals surface area contributed by atoms with Crippen LogP contribution in [0.3, 0.4) is 0 Å². The van der Waals surface area contributed by atoms with Crippen LogP contribution in [0.2, 0.25) is 0 Å². The summed E-state index contributed by atoms with van der Waals surface area (Å²) in [7, 11) is 3.34. The van der Waals surface area contributed by atoms with Crippen LogP contribution in [0.25, 0.3) is 20.6 Å². The highest BCUT2D eigenvalue weighted by Gasteiger charge is 2.24. The van der Waals surface area contributed by atoms with Crippen molar-refractivity contribution in [3.8, 4) is 0 Å². The number of rotatable bonds is 7. The van der Waals surface area contributed by atoms with Gasteiger partial charge in [-0.2, -0.15) is 0 Å². The Morgan fingerprint density at radius 1 is 0.717 bits per heavy atom. The predicted molar refractivity (Wildman–Crippen MR) is 204 cm³/mol. The predicted octanol–water partition coefficient (Wildman–Crippen LogP) is 6.38. The van der Waals surface area contributed by atoms with Gasteiger partial charge in [-0.1, -0.05) is 35.4 Å². The molecule has 6 rings (SSSR count). The lowest BCUT2D eigenvalue weighted by atomic mass is 10.2. The lowest BCUT2D eigenvalue weighted by molar-refractivity contribution is 0.0587. The van der Waals surface area contributed by atoms with Crippen LogP contribution in [0.15, 0.2) is 101 Å². The molecular formula is C34H31ClN2O12S4. The molecule has 0 aliphatic heterocycles. The van der Waals surface area contributed by atoms with Crippen molar-refractivity contribution < 1.29 is 44.7 Å². The lowest BCUT2D eigenvalue weighted by Crippen LogP contribution is -2.25. The Bertz CT molecular complexity index is 2630. The zero-order valence-electron chi connectivity index (χ0n) is 28.8. The highest BCUT2D eigenvalue weighted by Crippen LogP contribution is 2.34. The summed E-state index contributed by atoms with van der Waals surface area (Å²) in [4.78, 5) is 46.5. The molecule has 0 fully saturated rings. The largest absolute Gasteiger partial charge is 0.465 e. The highest BCUT2D eigenvalue weighted by atomic mass is 35.7. The molecule has 53 heavy (non-hydrogen) atoms. The first-order valence-electron chi connectivity index (χ1n) is 15.0. The minimum Gasteiger partial charge on any atom is -0.465 e. The van der Waals surface area contributed by atoms with Gasteiger partial charge in [0.1, 0.15) is 16.1 Å². The number of nitrogens with zero attached hydrogens (tertiary/aromatic N) is 1. The Hall–Kier alpha value is -5.01. The number of esters is 2. The van der Waals surface area contributed by atoms with E-state index in [9.17, 15) is 36.0 Å². The van der Waals surface area contributed by atoms with E-state index in [0.717, 1.165) is 43.6 Å². The fourth-order valence-corrected chi connectivity index (χ4v) is 8.33. The molecule has 0 aliphatic carbocycles. The second kappa shape index (κ2) is 16.8. The second-order valence-electron chi connectivity index (χ2n) is 10.8. The number of anilines is 2. The van der Waals surface area contributed by atoms with Crippen molar-refractivity contribution in [3.05, 3.63) is 116 Å². The molecule has 0 atom stereocenters. The van der Waals surface area contributed by atoms with Gasteiger partial charge in [0.15, 0.2) is 11.2 Å². The molecule has 19 heteroatoms. The summed E-state index contributed by atoms with van der Waals surface area (Å²) in [5, 5.41) is 4.15. The van der Waals surface area contributed by atoms with E-state index in [1.165, 1.54) is 68.0 Å². The van der Waals surface area contributed by atoms with Crippen molar-refractivity contribution in [1.82, 2.24) is 0 Å². The Morgan fingerprint density at radius 2 is 1.15 bits per heavy atom. The quantitative estimate of drug-likeness (QED) is 0.138. The van der Waals surface area contributed by atoms with Crippen molar-refractivity contribution >= 4 is 94.9 Å². The van der Waals surface area contributed by atoms with Crippen LogP contribution in [0.1, 0.15) is 31.8 Å². The molecule has 1 N–H and O–H groups in total. The second-order valence-corrected chi connectivity index (χ2v) is 17.5. The number of carbonyl (C=O) groups is 2. The zero-order valence-corrected chi connectivity index (χ0v) is 32.8. The first-order valence-corrected chi connectivity index (χ1v) is 20.3. The average molecular weight is 823 g/mol. The van der Waals surface area contributed by atoms with Gasteiger partial charge in [-0.3, -0.25) is 4.31 Å². The number of aryl methyl sites for hydroxylation is 2. The minimum absolute atomic E-state index is 0.0838. The Labute approximate surface area is 315 Å². The number of halogens is 1. The summed E-state index contributed by atoms with van der Waals surface area (Å²) in [5.74, 6) is -1.49. The van der Waals surface area contributed by atoms with Gasteiger partial charge in [-0.25, -0.2) is 36.0 Å². The van der Waals surface area contributed by atoms with Gasteiger partial charge >= 0.3 is 23.2 Å². The summed E-state index contributed by atoms with van der Waals surface area (Å²) in [6, 6.07) is 18.9. The van der Waals surface area contributed by atoms with E-state index < -0.39 is 42.3 Å². The highest BCUT2D eigenvalue weighted by molar-refractivity contribution is 8.13. The number of thiophene rings is 2. The van der Waals surface area contributed by atoms with Gasteiger partial charge < -0.3 is 23.6 Å². The van der Waals surface area contributed by atoms with Gasteiger partial charge in [-0.05, 0) is 50.2 Å². The standard InChI is InChI=1S/C17H15NO6S2.C10H9NO4S.C7H7ClO2S/c1-10-4-6-11(7-5-10)26(21,22)18(2)15-9-13-14(25-15)8-12(16(19)23-3)17(20)24-13;1-11-8-4-6-7(16-8)3-5(9(12)14-2)10(13)15-6;1-6-2-4-7(5-3-6)11(8,9)10/h4-9H,1-3H3;3-4,11H,1-2H3;2-5H,1H3. The smallest absolute Gasteiger partial charge is 0.351 e. The molecule has 0 amide bonds. The van der Waals surface area contributed by atoms with Crippen molar-refractivity contribution in [2.45, 2.75) is 23.6 Å². The van der Waals surface area contributed by atoms with E-state index in [0.29, 0.717) is 15.3 Å². The number of ether oxygens (including phenoxy) is 2. The maximum Gasteiger partial charge on any atom is 0.351 e. The number of hydrogen-bond acceptors (Lipinski definition) is 15. The van der Waals surface area contributed by atoms with Gasteiger partial charge in [0.2, 0.25) is 0 Å². The zero-order chi connectivity index (χ0) is 39.2. The number of sulfonamides is 1. The van der Waals surface area contributed by atoms with Crippen LogP contribution in [-0.2, 0) is 28.5 Å². The average Bonchev–Trinajstić information content (AvgIpc) is 3.73. The molecule has 2 aromatic carbocycles. The molecule has 0 aliphatic rings. The van der Waals surface area contributed by atoms with Crippen molar-refractivity contribution in [3.63, 3.8) is 0 Å². The lowest BCUT2D eigenvalue weighted by Gasteiger charge is -2.17. The molecule has 0 spiro atoms. The van der Waals surface area contributed by atoms with Crippen LogP contribution >= 0.6 is 33.4 Å². The molecule has 0 radical (unpaired) electrons. The van der Waals surface area contributed by atoms with E-state index in [1.807, 2.05) is 13.8 Å². The summed E-state index contributed by atoms with van der Waals surface area (Å²) in [5.41, 5.74) is 0.787. The van der Waals surface area contributed by atoms with Crippen molar-refractivity contribution in [2.24, 2.45) is 0 Å². The van der Waals surface area contributed by atoms with Gasteiger partial charge in [0.05, 0.1) is 38.4 Å². The SMILES string of the molecule is CNc1cc2oc(=O)c(C(=O)OC)cc2s1.COC(=O)c1cc2sc(N(C)S(=O)(=O)c3ccc(C)cc3)cc2oc1=O.Cc1ccc(S(=O)(=O)Cl)cc1. The third-order valence-corrected chi connectivity index (χ3v) is 12.7. The number of carbonyl (C=O) groups excluding carboxylic acids is 2. The molecule has 280 valence electrons. The van der Waals surface area contributed by atoms with E-state index in [1.54, 1.807) is 37.4 Å². The Balaban J connectivity index is 0.000000197. The normalized spacial score (nSPS) is 11.2. The molecule has 0 unspecified atom stereocenters. The van der Waals surface area contributed by atoms with Gasteiger partial charge in [0, 0.05) is 36.9 Å². The van der Waals surface area contributed by atoms with Crippen LogP contribution in [0.4, 0.5) is 10.0 Å². The first kappa shape index (κ1) is 40.8. The van der Waals surface area contributed by atoms with Crippen LogP contribution in [0, 0.1) is 13.8 Å². The van der Waals surface area contributed by atoms with E-state index >= 15 is 0 Å². The molecular weight excluding hydrogens is 792 g/mol. The molecule has 4 heterocycles. The third kappa shape index (κ3) is 9.71. The van der Waals surface area contributed by atoms with Crippen LogP contribution < -0.4 is 20.9 Å². The fourth-order valence-electron chi connectivity index (χ4n) is 4.28. The molecule has 14 nitrogen and oxygen atoms in total. The topological polar surface area (TPSA) is 197 Å². The summed E-state index contributed by atoms with van der Waals surface area (Å²) in [6.07, 6.45) is 0. The van der Waals surface area contributed by atoms with Gasteiger partial charge in [-0.15, -0.1) is 22.7 Å². The summed E-state index contributed by atoms with van der Waals surface area (Å²) < 4.78 is 68.4. The van der Waals surface area contributed by atoms with Crippen LogP contribution in [0.5, 0.6) is 0 Å². The monoisotopic (exact) mass is 822 g/mol. The number of benzene rings is 2. The fraction of sp³-hybridized carbons (Fsp3) is 0.176. The first-order chi connectivity index (χ1) is 24.9. The Kier molecular flexibility index (Phi) is 12.9. The number of hydrogen-bond donors (Lipinski definition) is 1. The minimum atomic E-state index is -3.77. The number of nitrogens with one attached hydrogen (secondary N) is 1. The van der Waals surface area contributed by atoms with Crippen LogP contribution in [-0.4, -0.2) is 57.1 Å². The molecule has 0 saturated heterocycles. The molecule has 0 saturated carbocycles. The number of fused-ring (bicyclic) bond motifs is 2. The molecule has 6 aromatic rings. The van der Waals surface area contributed by atoms with E-state index in [2.05, 4.69) is 14.8 Å². The Morgan fingerprint density at radius 3 is 1.58 bits per heavy atom. The van der Waals surface area contributed by atoms with E-state index in [-0.39, 0.29) is 26.5 Å².